The summed E-state index contributed by atoms with van der Waals surface area (Å²) >= 11 is 0. The lowest BCUT2D eigenvalue weighted by Crippen LogP contribution is -2.57. The molecule has 41 heavy (non-hydrogen) atoms. The van der Waals surface area contributed by atoms with E-state index in [2.05, 4.69) is 20.6 Å². The van der Waals surface area contributed by atoms with E-state index in [1.807, 2.05) is 4.90 Å². The number of piperidine rings is 1. The Morgan fingerprint density at radius 1 is 1.15 bits per heavy atom. The molecule has 214 valence electrons. The summed E-state index contributed by atoms with van der Waals surface area (Å²) in [7, 11) is 2.71. The van der Waals surface area contributed by atoms with Crippen molar-refractivity contribution in [2.45, 2.75) is 25.1 Å². The van der Waals surface area contributed by atoms with Crippen LogP contribution in [-0.4, -0.2) is 73.8 Å². The predicted octanol–water partition coefficient (Wildman–Crippen LogP) is 1.88. The number of amides is 2. The highest BCUT2D eigenvalue weighted by molar-refractivity contribution is 5.95. The van der Waals surface area contributed by atoms with E-state index in [-0.39, 0.29) is 42.5 Å². The number of nitrogens with zero attached hydrogens (tertiary/aromatic N) is 3. The molecule has 0 aliphatic carbocycles. The molecule has 2 atom stereocenters. The van der Waals surface area contributed by atoms with Crippen LogP contribution in [0.4, 0.5) is 10.2 Å². The number of hydrogen-bond acceptors (Lipinski definition) is 10. The molecule has 1 fully saturated rings. The smallest absolute Gasteiger partial charge is 0.358 e. The number of esters is 1. The Labute approximate surface area is 234 Å². The molecule has 0 unspecified atom stereocenters. The summed E-state index contributed by atoms with van der Waals surface area (Å²) < 4.78 is 36.5. The van der Waals surface area contributed by atoms with Crippen molar-refractivity contribution in [1.29, 1.82) is 0 Å². The van der Waals surface area contributed by atoms with Crippen molar-refractivity contribution in [3.05, 3.63) is 71.4 Å². The third kappa shape index (κ3) is 6.45. The van der Waals surface area contributed by atoms with Crippen LogP contribution in [0.25, 0.3) is 0 Å². The summed E-state index contributed by atoms with van der Waals surface area (Å²) in [6.45, 7) is 0.426. The molecule has 2 amide bonds. The van der Waals surface area contributed by atoms with Crippen molar-refractivity contribution in [1.82, 2.24) is 20.6 Å². The molecule has 0 radical (unpaired) electrons. The predicted molar refractivity (Wildman–Crippen MR) is 143 cm³/mol. The molecule has 2 aliphatic heterocycles. The highest BCUT2D eigenvalue weighted by atomic mass is 19.1. The van der Waals surface area contributed by atoms with Crippen LogP contribution in [0.15, 0.2) is 48.8 Å². The lowest BCUT2D eigenvalue weighted by molar-refractivity contribution is -0.123. The van der Waals surface area contributed by atoms with Crippen molar-refractivity contribution >= 4 is 23.6 Å². The number of anilines is 1. The molecule has 12 nitrogen and oxygen atoms in total. The number of carbonyl (C=O) groups excluding carboxylic acids is 3. The third-order valence-electron chi connectivity index (χ3n) is 6.70. The molecule has 0 spiro atoms. The lowest BCUT2D eigenvalue weighted by atomic mass is 10.0. The van der Waals surface area contributed by atoms with Gasteiger partial charge in [0.2, 0.25) is 0 Å². The molecular weight excluding hydrogens is 537 g/mol. The van der Waals surface area contributed by atoms with E-state index in [1.54, 1.807) is 18.2 Å². The van der Waals surface area contributed by atoms with Gasteiger partial charge in [-0.1, -0.05) is 0 Å². The molecule has 2 aromatic carbocycles. The SMILES string of the molecule is COC(=O)c1cncc(N2CC[C@H]3Oc4cc(F)cc(c4)CNC(=O)COc4cc(ccc4OC)C(=O)N[C@H]3C2)n1. The zero-order valence-corrected chi connectivity index (χ0v) is 22.4. The van der Waals surface area contributed by atoms with E-state index in [4.69, 9.17) is 18.9 Å². The van der Waals surface area contributed by atoms with Gasteiger partial charge in [0.1, 0.15) is 23.5 Å². The maximum Gasteiger partial charge on any atom is 0.358 e. The molecular formula is C28H28FN5O7. The van der Waals surface area contributed by atoms with Crippen LogP contribution >= 0.6 is 0 Å². The Kier molecular flexibility index (Phi) is 8.13. The van der Waals surface area contributed by atoms with Crippen molar-refractivity contribution < 1.29 is 37.7 Å². The Morgan fingerprint density at radius 3 is 2.80 bits per heavy atom. The van der Waals surface area contributed by atoms with Crippen LogP contribution in [0, 0.1) is 5.82 Å². The summed E-state index contributed by atoms with van der Waals surface area (Å²) in [5.41, 5.74) is 0.813. The number of fused-ring (bicyclic) bond motifs is 5. The van der Waals surface area contributed by atoms with Gasteiger partial charge in [-0.2, -0.15) is 0 Å². The minimum atomic E-state index is -0.619. The fraction of sp³-hybridized carbons (Fsp3) is 0.321. The van der Waals surface area contributed by atoms with E-state index in [0.29, 0.717) is 30.1 Å². The van der Waals surface area contributed by atoms with Gasteiger partial charge in [-0.05, 0) is 35.9 Å². The lowest BCUT2D eigenvalue weighted by Gasteiger charge is -2.39. The normalized spacial score (nSPS) is 19.0. The monoisotopic (exact) mass is 565 g/mol. The van der Waals surface area contributed by atoms with Crippen LogP contribution in [-0.2, 0) is 16.1 Å². The number of nitrogens with one attached hydrogen (secondary N) is 2. The van der Waals surface area contributed by atoms with Gasteiger partial charge in [0.05, 0.1) is 32.7 Å². The van der Waals surface area contributed by atoms with Crippen LogP contribution in [0.2, 0.25) is 0 Å². The first-order chi connectivity index (χ1) is 19.8. The van der Waals surface area contributed by atoms with E-state index in [0.717, 1.165) is 0 Å². The number of ether oxygens (including phenoxy) is 4. The molecule has 4 bridgehead atoms. The Hall–Kier alpha value is -4.94. The molecule has 3 heterocycles. The second kappa shape index (κ2) is 12.1. The Morgan fingerprint density at radius 2 is 2.00 bits per heavy atom. The Balaban J connectivity index is 1.48. The molecule has 13 heteroatoms. The topological polar surface area (TPSA) is 141 Å². The third-order valence-corrected chi connectivity index (χ3v) is 6.70. The largest absolute Gasteiger partial charge is 0.493 e. The van der Waals surface area contributed by atoms with Gasteiger partial charge in [-0.15, -0.1) is 0 Å². The minimum Gasteiger partial charge on any atom is -0.493 e. The quantitative estimate of drug-likeness (QED) is 0.452. The number of benzene rings is 2. The molecule has 3 aromatic rings. The second-order valence-corrected chi connectivity index (χ2v) is 9.45. The van der Waals surface area contributed by atoms with Crippen molar-refractivity contribution in [3.63, 3.8) is 0 Å². The number of rotatable bonds is 3. The first-order valence-corrected chi connectivity index (χ1v) is 12.8. The molecule has 5 rings (SSSR count). The van der Waals surface area contributed by atoms with E-state index in [9.17, 15) is 18.8 Å². The molecule has 2 aliphatic rings. The van der Waals surface area contributed by atoms with Gasteiger partial charge in [0.25, 0.3) is 11.8 Å². The van der Waals surface area contributed by atoms with Crippen LogP contribution in [0.1, 0.15) is 32.8 Å². The minimum absolute atomic E-state index is 0.0514. The Bertz CT molecular complexity index is 1470. The van der Waals surface area contributed by atoms with Crippen molar-refractivity contribution in [2.75, 3.05) is 38.8 Å². The summed E-state index contributed by atoms with van der Waals surface area (Å²) in [5, 5.41) is 5.70. The average Bonchev–Trinajstić information content (AvgIpc) is 2.98. The maximum atomic E-state index is 14.5. The number of hydrogen-bond donors (Lipinski definition) is 2. The van der Waals surface area contributed by atoms with Crippen LogP contribution in [0.5, 0.6) is 17.2 Å². The molecule has 2 N–H and O–H groups in total. The molecule has 1 aromatic heterocycles. The van der Waals surface area contributed by atoms with Gasteiger partial charge in [0, 0.05) is 37.7 Å². The first kappa shape index (κ1) is 27.6. The van der Waals surface area contributed by atoms with Crippen LogP contribution in [0.3, 0.4) is 0 Å². The van der Waals surface area contributed by atoms with E-state index in [1.165, 1.54) is 44.8 Å². The summed E-state index contributed by atoms with van der Waals surface area (Å²) in [6, 6.07) is 8.26. The van der Waals surface area contributed by atoms with Crippen molar-refractivity contribution in [3.8, 4) is 17.2 Å². The zero-order valence-electron chi connectivity index (χ0n) is 22.4. The maximum absolute atomic E-state index is 14.5. The molecule has 0 saturated carbocycles. The number of aromatic nitrogens is 2. The van der Waals surface area contributed by atoms with Gasteiger partial charge in [0.15, 0.2) is 23.8 Å². The first-order valence-electron chi connectivity index (χ1n) is 12.8. The van der Waals surface area contributed by atoms with E-state index >= 15 is 0 Å². The van der Waals surface area contributed by atoms with Gasteiger partial charge >= 0.3 is 5.97 Å². The van der Waals surface area contributed by atoms with Crippen molar-refractivity contribution in [2.24, 2.45) is 0 Å². The number of methoxy groups -OCH3 is 2. The van der Waals surface area contributed by atoms with E-state index < -0.39 is 35.7 Å². The summed E-state index contributed by atoms with van der Waals surface area (Å²) in [6.07, 6.45) is 2.71. The average molecular weight is 566 g/mol. The van der Waals surface area contributed by atoms with Gasteiger partial charge in [-0.25, -0.2) is 14.2 Å². The highest BCUT2D eigenvalue weighted by Gasteiger charge is 2.34. The summed E-state index contributed by atoms with van der Waals surface area (Å²) in [5.74, 6) is -0.770. The van der Waals surface area contributed by atoms with Gasteiger partial charge in [-0.3, -0.25) is 14.6 Å². The molecule has 1 saturated heterocycles. The standard InChI is InChI=1S/C28H28FN5O7/c1-38-23-4-3-17-9-24(23)40-15-26(35)31-11-16-7-18(29)10-19(8-16)41-22-5-6-34(14-21(22)33-27(17)36)25-13-30-12-20(32-25)28(37)39-2/h3-4,7-10,12-13,21-22H,5-6,11,14-15H2,1-2H3,(H,31,35)(H,33,36)/t21-,22+/m0/s1. The van der Waals surface area contributed by atoms with Gasteiger partial charge < -0.3 is 34.5 Å². The number of carbonyl (C=O) groups is 3. The zero-order chi connectivity index (χ0) is 28.9. The number of halogens is 1. The summed E-state index contributed by atoms with van der Waals surface area (Å²) in [4.78, 5) is 48.2. The second-order valence-electron chi connectivity index (χ2n) is 9.45. The highest BCUT2D eigenvalue weighted by Crippen LogP contribution is 2.29. The van der Waals surface area contributed by atoms with Crippen LogP contribution < -0.4 is 29.7 Å². The fourth-order valence-electron chi connectivity index (χ4n) is 4.67. The fourth-order valence-corrected chi connectivity index (χ4v) is 4.67.